The molecule has 0 spiro atoms. The summed E-state index contributed by atoms with van der Waals surface area (Å²) in [4.78, 5) is 27.2. The quantitative estimate of drug-likeness (QED) is 0.581. The normalized spacial score (nSPS) is 17.8. The van der Waals surface area contributed by atoms with E-state index in [1.165, 1.54) is 18.4 Å². The second-order valence-corrected chi connectivity index (χ2v) is 7.59. The van der Waals surface area contributed by atoms with Crippen molar-refractivity contribution in [2.45, 2.75) is 44.9 Å². The summed E-state index contributed by atoms with van der Waals surface area (Å²) in [5.41, 5.74) is 2.36. The number of carbonyl (C=O) groups is 2. The first-order chi connectivity index (χ1) is 12.5. The van der Waals surface area contributed by atoms with Crippen molar-refractivity contribution in [1.82, 2.24) is 5.32 Å². The van der Waals surface area contributed by atoms with Gasteiger partial charge in [0.25, 0.3) is 0 Å². The van der Waals surface area contributed by atoms with E-state index in [4.69, 9.17) is 0 Å². The topological polar surface area (TPSA) is 61.4 Å². The van der Waals surface area contributed by atoms with E-state index in [1.54, 1.807) is 0 Å². The van der Waals surface area contributed by atoms with Gasteiger partial charge in [0.05, 0.1) is 0 Å². The van der Waals surface area contributed by atoms with Gasteiger partial charge in [-0.3, -0.25) is 9.59 Å². The monoisotopic (exact) mass is 355 g/mol. The first-order valence-corrected chi connectivity index (χ1v) is 9.56. The predicted octanol–water partition coefficient (Wildman–Crippen LogP) is 3.48. The third kappa shape index (κ3) is 4.26. The lowest BCUT2D eigenvalue weighted by Gasteiger charge is -2.17. The molecule has 0 bridgehead atoms. The second kappa shape index (κ2) is 7.94. The van der Waals surface area contributed by atoms with E-state index < -0.39 is 5.41 Å². The molecule has 2 N–H and O–H groups in total. The molecule has 0 aromatic heterocycles. The molecule has 2 aliphatic carbocycles. The molecule has 26 heavy (non-hydrogen) atoms. The summed E-state index contributed by atoms with van der Waals surface area (Å²) in [5, 5.41) is 5.88. The first kappa shape index (κ1) is 18.5. The third-order valence-corrected chi connectivity index (χ3v) is 5.38. The van der Waals surface area contributed by atoms with Crippen molar-refractivity contribution in [1.29, 1.82) is 0 Å². The zero-order valence-corrected chi connectivity index (χ0v) is 15.8. The van der Waals surface area contributed by atoms with Gasteiger partial charge in [-0.15, -0.1) is 0 Å². The van der Waals surface area contributed by atoms with Crippen LogP contribution in [0.4, 0.5) is 11.4 Å². The fourth-order valence-corrected chi connectivity index (χ4v) is 3.41. The highest BCUT2D eigenvalue weighted by atomic mass is 16.2. The number of hydrogen-bond acceptors (Lipinski definition) is 3. The van der Waals surface area contributed by atoms with Gasteiger partial charge in [0, 0.05) is 32.0 Å². The van der Waals surface area contributed by atoms with Crippen LogP contribution in [0.2, 0.25) is 0 Å². The maximum atomic E-state index is 12.6. The Balaban J connectivity index is 1.51. The fourth-order valence-electron chi connectivity index (χ4n) is 3.41. The van der Waals surface area contributed by atoms with E-state index in [1.807, 2.05) is 43.3 Å². The number of nitrogens with one attached hydrogen (secondary N) is 2. The zero-order chi connectivity index (χ0) is 18.6. The average Bonchev–Trinajstić information content (AvgIpc) is 3.45. The van der Waals surface area contributed by atoms with E-state index in [0.29, 0.717) is 19.4 Å². The van der Waals surface area contributed by atoms with Crippen molar-refractivity contribution < 1.29 is 9.59 Å². The van der Waals surface area contributed by atoms with Gasteiger partial charge in [0.2, 0.25) is 11.8 Å². The van der Waals surface area contributed by atoms with Crippen LogP contribution >= 0.6 is 0 Å². The Labute approximate surface area is 155 Å². The Kier molecular flexibility index (Phi) is 5.64. The summed E-state index contributed by atoms with van der Waals surface area (Å²) in [6.07, 6.45) is 9.27. The number of benzene rings is 1. The Morgan fingerprint density at radius 2 is 1.81 bits per heavy atom. The SMILES string of the molecule is CN(C)c1ccc(NC(=O)C2(C(=O)NCCC3=CCCCC3)CC2)cc1. The lowest BCUT2D eigenvalue weighted by molar-refractivity contribution is -0.134. The highest BCUT2D eigenvalue weighted by molar-refractivity contribution is 6.13. The molecule has 0 atom stereocenters. The Morgan fingerprint density at radius 3 is 2.38 bits per heavy atom. The summed E-state index contributed by atoms with van der Waals surface area (Å²) in [5.74, 6) is -0.319. The van der Waals surface area contributed by atoms with E-state index in [2.05, 4.69) is 16.7 Å². The van der Waals surface area contributed by atoms with Crippen LogP contribution in [0.25, 0.3) is 0 Å². The van der Waals surface area contributed by atoms with Crippen LogP contribution in [-0.2, 0) is 9.59 Å². The van der Waals surface area contributed by atoms with Crippen molar-refractivity contribution in [3.8, 4) is 0 Å². The molecule has 140 valence electrons. The summed E-state index contributed by atoms with van der Waals surface area (Å²) in [7, 11) is 3.95. The largest absolute Gasteiger partial charge is 0.378 e. The van der Waals surface area contributed by atoms with E-state index >= 15 is 0 Å². The molecule has 0 radical (unpaired) electrons. The van der Waals surface area contributed by atoms with Gasteiger partial charge < -0.3 is 15.5 Å². The van der Waals surface area contributed by atoms with Crippen LogP contribution in [0.1, 0.15) is 44.9 Å². The Hall–Kier alpha value is -2.30. The molecule has 0 unspecified atom stereocenters. The van der Waals surface area contributed by atoms with Gasteiger partial charge >= 0.3 is 0 Å². The summed E-state index contributed by atoms with van der Waals surface area (Å²) in [6, 6.07) is 7.65. The summed E-state index contributed by atoms with van der Waals surface area (Å²) < 4.78 is 0. The maximum absolute atomic E-state index is 12.6. The van der Waals surface area contributed by atoms with Crippen LogP contribution in [0, 0.1) is 5.41 Å². The second-order valence-electron chi connectivity index (χ2n) is 7.59. The van der Waals surface area contributed by atoms with Gasteiger partial charge in [-0.1, -0.05) is 11.6 Å². The van der Waals surface area contributed by atoms with Crippen LogP contribution in [0.3, 0.4) is 0 Å². The molecule has 1 saturated carbocycles. The predicted molar refractivity (Wildman–Crippen MR) is 105 cm³/mol. The van der Waals surface area contributed by atoms with Gasteiger partial charge in [-0.25, -0.2) is 0 Å². The molecule has 2 aliphatic rings. The van der Waals surface area contributed by atoms with Crippen molar-refractivity contribution in [2.75, 3.05) is 30.9 Å². The number of nitrogens with zero attached hydrogens (tertiary/aromatic N) is 1. The molecule has 1 aromatic rings. The molecular formula is C21H29N3O2. The maximum Gasteiger partial charge on any atom is 0.240 e. The number of carbonyl (C=O) groups excluding carboxylic acids is 2. The van der Waals surface area contributed by atoms with Crippen molar-refractivity contribution >= 4 is 23.2 Å². The minimum absolute atomic E-state index is 0.128. The average molecular weight is 355 g/mol. The number of anilines is 2. The minimum Gasteiger partial charge on any atom is -0.378 e. The third-order valence-electron chi connectivity index (χ3n) is 5.38. The number of amides is 2. The fraction of sp³-hybridized carbons (Fsp3) is 0.524. The molecular weight excluding hydrogens is 326 g/mol. The molecule has 3 rings (SSSR count). The van der Waals surface area contributed by atoms with Crippen LogP contribution < -0.4 is 15.5 Å². The molecule has 5 heteroatoms. The van der Waals surface area contributed by atoms with Gasteiger partial charge in [-0.05, 0) is 69.2 Å². The van der Waals surface area contributed by atoms with Crippen molar-refractivity contribution in [2.24, 2.45) is 5.41 Å². The van der Waals surface area contributed by atoms with Gasteiger partial charge in [0.1, 0.15) is 5.41 Å². The molecule has 2 amide bonds. The lowest BCUT2D eigenvalue weighted by Crippen LogP contribution is -2.40. The van der Waals surface area contributed by atoms with E-state index in [0.717, 1.165) is 30.6 Å². The van der Waals surface area contributed by atoms with Crippen molar-refractivity contribution in [3.63, 3.8) is 0 Å². The van der Waals surface area contributed by atoms with Gasteiger partial charge in [-0.2, -0.15) is 0 Å². The molecule has 0 aliphatic heterocycles. The number of hydrogen-bond donors (Lipinski definition) is 2. The zero-order valence-electron chi connectivity index (χ0n) is 15.8. The smallest absolute Gasteiger partial charge is 0.240 e. The Morgan fingerprint density at radius 1 is 1.08 bits per heavy atom. The minimum atomic E-state index is -0.874. The van der Waals surface area contributed by atoms with Crippen molar-refractivity contribution in [3.05, 3.63) is 35.9 Å². The molecule has 5 nitrogen and oxygen atoms in total. The molecule has 0 heterocycles. The summed E-state index contributed by atoms with van der Waals surface area (Å²) in [6.45, 7) is 0.622. The molecule has 1 fully saturated rings. The number of rotatable bonds is 7. The van der Waals surface area contributed by atoms with Gasteiger partial charge in [0.15, 0.2) is 0 Å². The van der Waals surface area contributed by atoms with Crippen LogP contribution in [0.5, 0.6) is 0 Å². The summed E-state index contributed by atoms with van der Waals surface area (Å²) >= 11 is 0. The highest BCUT2D eigenvalue weighted by Crippen LogP contribution is 2.46. The molecule has 1 aromatic carbocycles. The molecule has 0 saturated heterocycles. The Bertz CT molecular complexity index is 688. The first-order valence-electron chi connectivity index (χ1n) is 9.56. The van der Waals surface area contributed by atoms with E-state index in [9.17, 15) is 9.59 Å². The van der Waals surface area contributed by atoms with E-state index in [-0.39, 0.29) is 11.8 Å². The van der Waals surface area contributed by atoms with Crippen LogP contribution in [0.15, 0.2) is 35.9 Å². The van der Waals surface area contributed by atoms with Crippen LogP contribution in [-0.4, -0.2) is 32.5 Å². The standard InChI is InChI=1S/C21H29N3O2/c1-24(2)18-10-8-17(9-11-18)23-20(26)21(13-14-21)19(25)22-15-12-16-6-4-3-5-7-16/h6,8-11H,3-5,7,12-15H2,1-2H3,(H,22,25)(H,23,26). The number of allylic oxidation sites excluding steroid dienone is 1. The highest BCUT2D eigenvalue weighted by Gasteiger charge is 2.56. The lowest BCUT2D eigenvalue weighted by atomic mass is 9.97.